The molecule has 15 heavy (non-hydrogen) atoms. The van der Waals surface area contributed by atoms with Crippen LogP contribution in [0.3, 0.4) is 0 Å². The lowest BCUT2D eigenvalue weighted by Crippen LogP contribution is -1.81. The van der Waals surface area contributed by atoms with Gasteiger partial charge in [-0.1, -0.05) is 12.1 Å². The summed E-state index contributed by atoms with van der Waals surface area (Å²) in [5.74, 6) is 0. The van der Waals surface area contributed by atoms with Crippen LogP contribution in [-0.4, -0.2) is 0 Å². The van der Waals surface area contributed by atoms with E-state index in [2.05, 4.69) is 19.1 Å². The zero-order valence-corrected chi connectivity index (χ0v) is 8.45. The zero-order chi connectivity index (χ0) is 10.4. The van der Waals surface area contributed by atoms with Gasteiger partial charge in [0.15, 0.2) is 0 Å². The number of furan rings is 1. The highest BCUT2D eigenvalue weighted by Gasteiger charge is 2.06. The summed E-state index contributed by atoms with van der Waals surface area (Å²) < 4.78 is 5.73. The van der Waals surface area contributed by atoms with E-state index in [1.807, 2.05) is 24.3 Å². The van der Waals surface area contributed by atoms with Gasteiger partial charge in [0.1, 0.15) is 11.2 Å². The van der Waals surface area contributed by atoms with Gasteiger partial charge in [-0.2, -0.15) is 0 Å². The van der Waals surface area contributed by atoms with Crippen molar-refractivity contribution in [2.75, 3.05) is 5.73 Å². The third-order valence-corrected chi connectivity index (χ3v) is 2.65. The molecule has 0 fully saturated rings. The lowest BCUT2D eigenvalue weighted by molar-refractivity contribution is 0.669. The Hall–Kier alpha value is -1.96. The van der Waals surface area contributed by atoms with E-state index in [0.717, 1.165) is 27.6 Å². The Bertz CT molecular complexity index is 596. The molecule has 0 amide bonds. The fourth-order valence-corrected chi connectivity index (χ4v) is 1.90. The maximum atomic E-state index is 5.73. The molecule has 0 aliphatic carbocycles. The summed E-state index contributed by atoms with van der Waals surface area (Å²) in [6.45, 7) is 2.06. The second kappa shape index (κ2) is 2.76. The van der Waals surface area contributed by atoms with Crippen molar-refractivity contribution in [3.8, 4) is 0 Å². The van der Waals surface area contributed by atoms with Crippen LogP contribution in [0.25, 0.3) is 21.9 Å². The Kier molecular flexibility index (Phi) is 1.54. The highest BCUT2D eigenvalue weighted by atomic mass is 16.3. The largest absolute Gasteiger partial charge is 0.456 e. The number of hydrogen-bond acceptors (Lipinski definition) is 2. The summed E-state index contributed by atoms with van der Waals surface area (Å²) in [7, 11) is 0. The van der Waals surface area contributed by atoms with Crippen molar-refractivity contribution in [3.63, 3.8) is 0 Å². The van der Waals surface area contributed by atoms with Crippen molar-refractivity contribution in [3.05, 3.63) is 42.0 Å². The fraction of sp³-hybridized carbons (Fsp3) is 0.0769. The molecule has 2 heteroatoms. The van der Waals surface area contributed by atoms with Crippen LogP contribution in [0.4, 0.5) is 5.69 Å². The molecule has 0 spiro atoms. The van der Waals surface area contributed by atoms with E-state index in [-0.39, 0.29) is 0 Å². The van der Waals surface area contributed by atoms with Crippen LogP contribution in [0.5, 0.6) is 0 Å². The molecule has 2 nitrogen and oxygen atoms in total. The number of aryl methyl sites for hydroxylation is 1. The minimum atomic E-state index is 0.735. The van der Waals surface area contributed by atoms with E-state index in [4.69, 9.17) is 10.2 Å². The van der Waals surface area contributed by atoms with Crippen LogP contribution in [0.1, 0.15) is 5.56 Å². The van der Waals surface area contributed by atoms with Gasteiger partial charge in [0, 0.05) is 22.5 Å². The second-order valence-electron chi connectivity index (χ2n) is 3.86. The molecule has 3 aromatic rings. The molecule has 1 heterocycles. The van der Waals surface area contributed by atoms with Crippen LogP contribution in [0.15, 0.2) is 40.8 Å². The number of benzene rings is 2. The molecule has 3 rings (SSSR count). The molecule has 0 aliphatic heterocycles. The zero-order valence-electron chi connectivity index (χ0n) is 8.45. The number of rotatable bonds is 0. The Balaban J connectivity index is 2.51. The lowest BCUT2D eigenvalue weighted by atomic mass is 10.1. The van der Waals surface area contributed by atoms with Crippen molar-refractivity contribution in [1.29, 1.82) is 0 Å². The van der Waals surface area contributed by atoms with Crippen LogP contribution in [0, 0.1) is 6.92 Å². The standard InChI is InChI=1S/C13H11NO/c1-8-2-4-10-11-5-3-9(14)7-13(11)15-12(10)6-8/h2-7H,14H2,1H3. The molecule has 0 atom stereocenters. The van der Waals surface area contributed by atoms with Gasteiger partial charge < -0.3 is 10.2 Å². The maximum absolute atomic E-state index is 5.73. The summed E-state index contributed by atoms with van der Waals surface area (Å²) >= 11 is 0. The van der Waals surface area contributed by atoms with Crippen LogP contribution >= 0.6 is 0 Å². The molecular formula is C13H11NO. The smallest absolute Gasteiger partial charge is 0.137 e. The molecule has 2 N–H and O–H groups in total. The first-order chi connectivity index (χ1) is 7.24. The minimum Gasteiger partial charge on any atom is -0.456 e. The molecule has 2 aromatic carbocycles. The predicted molar refractivity (Wildman–Crippen MR) is 62.9 cm³/mol. The van der Waals surface area contributed by atoms with Gasteiger partial charge in [0.2, 0.25) is 0 Å². The van der Waals surface area contributed by atoms with Crippen LogP contribution < -0.4 is 5.73 Å². The lowest BCUT2D eigenvalue weighted by Gasteiger charge is -1.91. The van der Waals surface area contributed by atoms with Gasteiger partial charge in [-0.15, -0.1) is 0 Å². The monoisotopic (exact) mass is 197 g/mol. The molecule has 0 bridgehead atoms. The number of fused-ring (bicyclic) bond motifs is 3. The SMILES string of the molecule is Cc1ccc2c(c1)oc1cc(N)ccc12. The molecule has 0 radical (unpaired) electrons. The van der Waals surface area contributed by atoms with Crippen molar-refractivity contribution >= 4 is 27.6 Å². The normalized spacial score (nSPS) is 11.3. The number of nitrogens with two attached hydrogens (primary N) is 1. The third-order valence-electron chi connectivity index (χ3n) is 2.65. The minimum absolute atomic E-state index is 0.735. The highest BCUT2D eigenvalue weighted by molar-refractivity contribution is 6.05. The van der Waals surface area contributed by atoms with Crippen molar-refractivity contribution in [2.45, 2.75) is 6.92 Å². The number of anilines is 1. The molecular weight excluding hydrogens is 186 g/mol. The van der Waals surface area contributed by atoms with E-state index in [1.54, 1.807) is 0 Å². The predicted octanol–water partition coefficient (Wildman–Crippen LogP) is 3.48. The van der Waals surface area contributed by atoms with E-state index in [1.165, 1.54) is 5.56 Å². The van der Waals surface area contributed by atoms with E-state index < -0.39 is 0 Å². The van der Waals surface area contributed by atoms with Gasteiger partial charge in [-0.25, -0.2) is 0 Å². The first kappa shape index (κ1) is 8.36. The van der Waals surface area contributed by atoms with Crippen molar-refractivity contribution < 1.29 is 4.42 Å². The first-order valence-electron chi connectivity index (χ1n) is 4.92. The van der Waals surface area contributed by atoms with Gasteiger partial charge in [-0.05, 0) is 30.7 Å². The summed E-state index contributed by atoms with van der Waals surface area (Å²) in [5, 5.41) is 2.27. The molecule has 0 unspecified atom stereocenters. The summed E-state index contributed by atoms with van der Waals surface area (Å²) in [5.41, 5.74) is 9.44. The Morgan fingerprint density at radius 2 is 1.60 bits per heavy atom. The average Bonchev–Trinajstić information content (AvgIpc) is 2.53. The maximum Gasteiger partial charge on any atom is 0.137 e. The van der Waals surface area contributed by atoms with Crippen molar-refractivity contribution in [1.82, 2.24) is 0 Å². The average molecular weight is 197 g/mol. The van der Waals surface area contributed by atoms with Crippen LogP contribution in [0.2, 0.25) is 0 Å². The summed E-state index contributed by atoms with van der Waals surface area (Å²) in [6, 6.07) is 12.0. The number of hydrogen-bond donors (Lipinski definition) is 1. The van der Waals surface area contributed by atoms with E-state index in [0.29, 0.717) is 0 Å². The molecule has 0 saturated heterocycles. The Labute approximate surface area is 87.3 Å². The summed E-state index contributed by atoms with van der Waals surface area (Å²) in [6.07, 6.45) is 0. The Morgan fingerprint density at radius 1 is 0.933 bits per heavy atom. The van der Waals surface area contributed by atoms with Gasteiger partial charge >= 0.3 is 0 Å². The third kappa shape index (κ3) is 1.18. The van der Waals surface area contributed by atoms with Crippen LogP contribution in [-0.2, 0) is 0 Å². The molecule has 1 aromatic heterocycles. The number of nitrogen functional groups attached to an aromatic ring is 1. The van der Waals surface area contributed by atoms with Crippen molar-refractivity contribution in [2.24, 2.45) is 0 Å². The quantitative estimate of drug-likeness (QED) is 0.560. The van der Waals surface area contributed by atoms with Gasteiger partial charge in [0.05, 0.1) is 0 Å². The first-order valence-corrected chi connectivity index (χ1v) is 4.92. The Morgan fingerprint density at radius 3 is 2.40 bits per heavy atom. The highest BCUT2D eigenvalue weighted by Crippen LogP contribution is 2.30. The molecule has 0 aliphatic rings. The second-order valence-corrected chi connectivity index (χ2v) is 3.86. The van der Waals surface area contributed by atoms with E-state index in [9.17, 15) is 0 Å². The molecule has 74 valence electrons. The van der Waals surface area contributed by atoms with E-state index >= 15 is 0 Å². The van der Waals surface area contributed by atoms with Gasteiger partial charge in [-0.3, -0.25) is 0 Å². The van der Waals surface area contributed by atoms with Gasteiger partial charge in [0.25, 0.3) is 0 Å². The molecule has 0 saturated carbocycles. The topological polar surface area (TPSA) is 39.2 Å². The summed E-state index contributed by atoms with van der Waals surface area (Å²) in [4.78, 5) is 0. The fourth-order valence-electron chi connectivity index (χ4n) is 1.90.